The van der Waals surface area contributed by atoms with E-state index in [0.717, 1.165) is 23.8 Å². The van der Waals surface area contributed by atoms with Gasteiger partial charge in [0.15, 0.2) is 6.10 Å². The number of benzene rings is 2. The van der Waals surface area contributed by atoms with Crippen LogP contribution < -0.4 is 10.1 Å². The van der Waals surface area contributed by atoms with Crippen molar-refractivity contribution >= 4 is 23.2 Å². The molecule has 0 fully saturated rings. The summed E-state index contributed by atoms with van der Waals surface area (Å²) in [5, 5.41) is 2.86. The predicted molar refractivity (Wildman–Crippen MR) is 81.3 cm³/mol. The number of halogens is 3. The van der Waals surface area contributed by atoms with Gasteiger partial charge in [0.1, 0.15) is 17.4 Å². The zero-order valence-electron chi connectivity index (χ0n) is 12.0. The molecule has 6 heteroatoms. The molecule has 2 aromatic carbocycles. The van der Waals surface area contributed by atoms with Gasteiger partial charge >= 0.3 is 0 Å². The Kier molecular flexibility index (Phi) is 4.98. The third kappa shape index (κ3) is 3.95. The van der Waals surface area contributed by atoms with E-state index in [0.29, 0.717) is 10.8 Å². The van der Waals surface area contributed by atoms with E-state index in [9.17, 15) is 13.6 Å². The summed E-state index contributed by atoms with van der Waals surface area (Å²) in [7, 11) is 0. The number of carbonyl (C=O) groups excluding carboxylic acids is 1. The van der Waals surface area contributed by atoms with Crippen molar-refractivity contribution in [3.8, 4) is 5.75 Å². The number of nitrogens with one attached hydrogen (secondary N) is 1. The molecule has 1 unspecified atom stereocenters. The van der Waals surface area contributed by atoms with Gasteiger partial charge in [-0.15, -0.1) is 0 Å². The Morgan fingerprint density at radius 1 is 1.23 bits per heavy atom. The van der Waals surface area contributed by atoms with Gasteiger partial charge in [0.05, 0.1) is 5.69 Å². The van der Waals surface area contributed by atoms with Crippen LogP contribution >= 0.6 is 11.6 Å². The number of hydrogen-bond donors (Lipinski definition) is 1. The molecule has 0 radical (unpaired) electrons. The second kappa shape index (κ2) is 6.75. The van der Waals surface area contributed by atoms with Crippen molar-refractivity contribution in [2.24, 2.45) is 0 Å². The quantitative estimate of drug-likeness (QED) is 0.908. The lowest BCUT2D eigenvalue weighted by molar-refractivity contribution is -0.122. The Morgan fingerprint density at radius 2 is 1.95 bits per heavy atom. The largest absolute Gasteiger partial charge is 0.481 e. The van der Waals surface area contributed by atoms with Gasteiger partial charge in [-0.3, -0.25) is 4.79 Å². The summed E-state index contributed by atoms with van der Waals surface area (Å²) >= 11 is 5.84. The molecule has 2 aromatic rings. The van der Waals surface area contributed by atoms with Crippen LogP contribution in [0.25, 0.3) is 0 Å². The Bertz CT molecular complexity index is 707. The maximum absolute atomic E-state index is 13.5. The fraction of sp³-hybridized carbons (Fsp3) is 0.188. The third-order valence-electron chi connectivity index (χ3n) is 3.00. The van der Waals surface area contributed by atoms with Crippen LogP contribution in [0.15, 0.2) is 36.4 Å². The highest BCUT2D eigenvalue weighted by atomic mass is 35.5. The first-order chi connectivity index (χ1) is 10.4. The Labute approximate surface area is 131 Å². The van der Waals surface area contributed by atoms with Crippen molar-refractivity contribution in [2.75, 3.05) is 5.32 Å². The molecule has 1 N–H and O–H groups in total. The molecular formula is C16H14ClF2NO2. The first-order valence-electron chi connectivity index (χ1n) is 6.55. The average molecular weight is 326 g/mol. The number of hydrogen-bond acceptors (Lipinski definition) is 2. The van der Waals surface area contributed by atoms with Gasteiger partial charge in [0.2, 0.25) is 0 Å². The molecule has 1 atom stereocenters. The summed E-state index contributed by atoms with van der Waals surface area (Å²) in [6.45, 7) is 3.30. The minimum Gasteiger partial charge on any atom is -0.481 e. The fourth-order valence-electron chi connectivity index (χ4n) is 1.82. The Hall–Kier alpha value is -2.14. The third-order valence-corrected chi connectivity index (χ3v) is 3.23. The zero-order valence-corrected chi connectivity index (χ0v) is 12.7. The second-order valence-electron chi connectivity index (χ2n) is 4.78. The van der Waals surface area contributed by atoms with E-state index in [-0.39, 0.29) is 5.69 Å². The van der Waals surface area contributed by atoms with E-state index >= 15 is 0 Å². The van der Waals surface area contributed by atoms with Crippen molar-refractivity contribution < 1.29 is 18.3 Å². The van der Waals surface area contributed by atoms with Gasteiger partial charge in [-0.05, 0) is 49.7 Å². The summed E-state index contributed by atoms with van der Waals surface area (Å²) < 4.78 is 32.1. The number of anilines is 1. The molecule has 1 amide bonds. The van der Waals surface area contributed by atoms with Crippen LogP contribution in [0.3, 0.4) is 0 Å². The van der Waals surface area contributed by atoms with E-state index in [1.807, 2.05) is 0 Å². The maximum Gasteiger partial charge on any atom is 0.265 e. The lowest BCUT2D eigenvalue weighted by atomic mass is 10.2. The van der Waals surface area contributed by atoms with Crippen molar-refractivity contribution in [1.29, 1.82) is 0 Å². The molecular weight excluding hydrogens is 312 g/mol. The first-order valence-corrected chi connectivity index (χ1v) is 6.93. The zero-order chi connectivity index (χ0) is 16.3. The van der Waals surface area contributed by atoms with Crippen molar-refractivity contribution in [1.82, 2.24) is 0 Å². The highest BCUT2D eigenvalue weighted by Crippen LogP contribution is 2.23. The fourth-order valence-corrected chi connectivity index (χ4v) is 2.04. The molecule has 0 heterocycles. The second-order valence-corrected chi connectivity index (χ2v) is 5.22. The molecule has 22 heavy (non-hydrogen) atoms. The van der Waals surface area contributed by atoms with Gasteiger partial charge in [-0.2, -0.15) is 0 Å². The van der Waals surface area contributed by atoms with E-state index in [4.69, 9.17) is 16.3 Å². The van der Waals surface area contributed by atoms with Crippen LogP contribution in [0, 0.1) is 18.6 Å². The van der Waals surface area contributed by atoms with Crippen molar-refractivity contribution in [2.45, 2.75) is 20.0 Å². The monoisotopic (exact) mass is 325 g/mol. The summed E-state index contributed by atoms with van der Waals surface area (Å²) in [6, 6.07) is 7.81. The lowest BCUT2D eigenvalue weighted by Crippen LogP contribution is -2.30. The highest BCUT2D eigenvalue weighted by Gasteiger charge is 2.17. The van der Waals surface area contributed by atoms with Crippen LogP contribution in [0.5, 0.6) is 5.75 Å². The first kappa shape index (κ1) is 16.2. The molecule has 3 nitrogen and oxygen atoms in total. The standard InChI is InChI=1S/C16H14ClF2NO2/c1-9-7-11(17)3-6-15(9)22-10(2)16(21)20-14-8-12(18)4-5-13(14)19/h3-8,10H,1-2H3,(H,20,21). The van der Waals surface area contributed by atoms with Crippen LogP contribution in [0.2, 0.25) is 5.02 Å². The molecule has 116 valence electrons. The normalized spacial score (nSPS) is 11.9. The maximum atomic E-state index is 13.5. The Balaban J connectivity index is 2.07. The molecule has 0 aliphatic carbocycles. The minimum absolute atomic E-state index is 0.228. The molecule has 0 saturated carbocycles. The van der Waals surface area contributed by atoms with Crippen LogP contribution in [0.4, 0.5) is 14.5 Å². The highest BCUT2D eigenvalue weighted by molar-refractivity contribution is 6.30. The molecule has 2 rings (SSSR count). The van der Waals surface area contributed by atoms with Gasteiger partial charge in [0, 0.05) is 11.1 Å². The van der Waals surface area contributed by atoms with E-state index in [2.05, 4.69) is 5.32 Å². The summed E-state index contributed by atoms with van der Waals surface area (Å²) in [4.78, 5) is 12.0. The van der Waals surface area contributed by atoms with E-state index in [1.165, 1.54) is 6.92 Å². The lowest BCUT2D eigenvalue weighted by Gasteiger charge is -2.16. The van der Waals surface area contributed by atoms with Gasteiger partial charge in [-0.1, -0.05) is 11.6 Å². The summed E-state index contributed by atoms with van der Waals surface area (Å²) in [5.41, 5.74) is 0.539. The minimum atomic E-state index is -0.887. The van der Waals surface area contributed by atoms with Gasteiger partial charge in [-0.25, -0.2) is 8.78 Å². The molecule has 0 aliphatic rings. The molecule has 0 aliphatic heterocycles. The Morgan fingerprint density at radius 3 is 2.64 bits per heavy atom. The van der Waals surface area contributed by atoms with Crippen LogP contribution in [-0.4, -0.2) is 12.0 Å². The van der Waals surface area contributed by atoms with Crippen molar-refractivity contribution in [3.05, 3.63) is 58.6 Å². The van der Waals surface area contributed by atoms with Gasteiger partial charge < -0.3 is 10.1 Å². The number of carbonyl (C=O) groups is 1. The van der Waals surface area contributed by atoms with Crippen LogP contribution in [-0.2, 0) is 4.79 Å². The molecule has 0 saturated heterocycles. The average Bonchev–Trinajstić information content (AvgIpc) is 2.45. The summed E-state index contributed by atoms with van der Waals surface area (Å²) in [6.07, 6.45) is -0.887. The molecule has 0 spiro atoms. The summed E-state index contributed by atoms with van der Waals surface area (Å²) in [5.74, 6) is -1.45. The molecule has 0 bridgehead atoms. The van der Waals surface area contributed by atoms with Gasteiger partial charge in [0.25, 0.3) is 5.91 Å². The smallest absolute Gasteiger partial charge is 0.265 e. The number of amides is 1. The van der Waals surface area contributed by atoms with Crippen molar-refractivity contribution in [3.63, 3.8) is 0 Å². The molecule has 0 aromatic heterocycles. The SMILES string of the molecule is Cc1cc(Cl)ccc1OC(C)C(=O)Nc1cc(F)ccc1F. The predicted octanol–water partition coefficient (Wildman–Crippen LogP) is 4.33. The topological polar surface area (TPSA) is 38.3 Å². The van der Waals surface area contributed by atoms with E-state index in [1.54, 1.807) is 25.1 Å². The van der Waals surface area contributed by atoms with E-state index < -0.39 is 23.6 Å². The van der Waals surface area contributed by atoms with Crippen LogP contribution in [0.1, 0.15) is 12.5 Å². The number of ether oxygens (including phenoxy) is 1. The number of aryl methyl sites for hydroxylation is 1. The number of rotatable bonds is 4.